The molecular weight excluding hydrogens is 320 g/mol. The highest BCUT2D eigenvalue weighted by Crippen LogP contribution is 2.36. The molecule has 0 bridgehead atoms. The number of halogens is 1. The lowest BCUT2D eigenvalue weighted by Crippen LogP contribution is -2.35. The quantitative estimate of drug-likeness (QED) is 0.916. The van der Waals surface area contributed by atoms with E-state index in [4.69, 9.17) is 10.5 Å². The van der Waals surface area contributed by atoms with E-state index in [1.165, 1.54) is 0 Å². The molecule has 1 amide bonds. The number of hydrogen-bond acceptors (Lipinski definition) is 3. The molecule has 2 atom stereocenters. The molecule has 2 rings (SSSR count). The number of amides is 1. The van der Waals surface area contributed by atoms with Crippen LogP contribution in [0.4, 0.5) is 0 Å². The van der Waals surface area contributed by atoms with Gasteiger partial charge in [0.1, 0.15) is 5.75 Å². The van der Waals surface area contributed by atoms with Crippen LogP contribution in [-0.2, 0) is 4.79 Å². The molecule has 1 aromatic rings. The van der Waals surface area contributed by atoms with Gasteiger partial charge in [-0.1, -0.05) is 19.9 Å². The van der Waals surface area contributed by atoms with Crippen molar-refractivity contribution in [3.63, 3.8) is 0 Å². The van der Waals surface area contributed by atoms with Crippen LogP contribution in [0.5, 0.6) is 5.75 Å². The van der Waals surface area contributed by atoms with Gasteiger partial charge >= 0.3 is 0 Å². The van der Waals surface area contributed by atoms with Gasteiger partial charge in [-0.25, -0.2) is 0 Å². The van der Waals surface area contributed by atoms with Crippen molar-refractivity contribution in [3.05, 3.63) is 28.2 Å². The van der Waals surface area contributed by atoms with Crippen molar-refractivity contribution in [2.75, 3.05) is 13.7 Å². The number of methoxy groups -OCH3 is 1. The summed E-state index contributed by atoms with van der Waals surface area (Å²) in [5.41, 5.74) is 7.23. The highest BCUT2D eigenvalue weighted by Gasteiger charge is 2.38. The van der Waals surface area contributed by atoms with Crippen molar-refractivity contribution in [2.45, 2.75) is 32.4 Å². The molecule has 2 unspecified atom stereocenters. The van der Waals surface area contributed by atoms with Gasteiger partial charge in [-0.15, -0.1) is 0 Å². The summed E-state index contributed by atoms with van der Waals surface area (Å²) < 4.78 is 6.13. The van der Waals surface area contributed by atoms with Crippen molar-refractivity contribution >= 4 is 21.8 Å². The minimum absolute atomic E-state index is 0.0490. The Labute approximate surface area is 128 Å². The maximum atomic E-state index is 12.1. The smallest absolute Gasteiger partial charge is 0.224 e. The maximum Gasteiger partial charge on any atom is 0.224 e. The summed E-state index contributed by atoms with van der Waals surface area (Å²) in [6, 6.07) is 5.69. The van der Waals surface area contributed by atoms with Crippen LogP contribution in [0.25, 0.3) is 0 Å². The van der Waals surface area contributed by atoms with E-state index < -0.39 is 0 Å². The second-order valence-electron chi connectivity index (χ2n) is 5.65. The van der Waals surface area contributed by atoms with Gasteiger partial charge in [-0.05, 0) is 39.5 Å². The summed E-state index contributed by atoms with van der Waals surface area (Å²) in [4.78, 5) is 14.0. The van der Waals surface area contributed by atoms with E-state index in [-0.39, 0.29) is 18.0 Å². The molecule has 0 saturated carbocycles. The minimum atomic E-state index is -0.151. The molecule has 4 nitrogen and oxygen atoms in total. The molecule has 1 heterocycles. The maximum absolute atomic E-state index is 12.1. The van der Waals surface area contributed by atoms with Gasteiger partial charge in [0, 0.05) is 19.0 Å². The van der Waals surface area contributed by atoms with Gasteiger partial charge in [-0.2, -0.15) is 0 Å². The standard InChI is InChI=1S/C15H21BrN2O2/c1-9(2)8-18-14(19)7-12(17)15(18)10-4-5-13(20-3)11(16)6-10/h4-6,9,12,15H,7-8,17H2,1-3H3. The largest absolute Gasteiger partial charge is 0.496 e. The van der Waals surface area contributed by atoms with Crippen molar-refractivity contribution in [1.82, 2.24) is 4.90 Å². The summed E-state index contributed by atoms with van der Waals surface area (Å²) in [6.07, 6.45) is 0.418. The van der Waals surface area contributed by atoms with Gasteiger partial charge < -0.3 is 15.4 Å². The fourth-order valence-electron chi connectivity index (χ4n) is 2.72. The first-order valence-corrected chi connectivity index (χ1v) is 7.61. The van der Waals surface area contributed by atoms with E-state index in [0.717, 1.165) is 22.3 Å². The molecule has 0 spiro atoms. The first kappa shape index (κ1) is 15.3. The summed E-state index contributed by atoms with van der Waals surface area (Å²) in [5.74, 6) is 1.35. The Morgan fingerprint density at radius 2 is 2.20 bits per heavy atom. The predicted octanol–water partition coefficient (Wildman–Crippen LogP) is 2.71. The number of carbonyl (C=O) groups excluding carboxylic acids is 1. The number of rotatable bonds is 4. The first-order chi connectivity index (χ1) is 9.43. The number of ether oxygens (including phenoxy) is 1. The average Bonchev–Trinajstić information content (AvgIpc) is 2.63. The third-order valence-electron chi connectivity index (χ3n) is 3.55. The molecular formula is C15H21BrN2O2. The molecule has 2 N–H and O–H groups in total. The SMILES string of the molecule is COc1ccc(C2C(N)CC(=O)N2CC(C)C)cc1Br. The molecule has 5 heteroatoms. The third-order valence-corrected chi connectivity index (χ3v) is 4.17. The van der Waals surface area contributed by atoms with Crippen LogP contribution in [0, 0.1) is 5.92 Å². The van der Waals surface area contributed by atoms with Crippen LogP contribution in [-0.4, -0.2) is 30.5 Å². The number of carbonyl (C=O) groups is 1. The minimum Gasteiger partial charge on any atom is -0.496 e. The van der Waals surface area contributed by atoms with Crippen LogP contribution < -0.4 is 10.5 Å². The van der Waals surface area contributed by atoms with E-state index in [2.05, 4.69) is 29.8 Å². The molecule has 1 aliphatic rings. The molecule has 0 aliphatic carbocycles. The van der Waals surface area contributed by atoms with Crippen LogP contribution >= 0.6 is 15.9 Å². The predicted molar refractivity (Wildman–Crippen MR) is 82.6 cm³/mol. The van der Waals surface area contributed by atoms with Crippen molar-refractivity contribution < 1.29 is 9.53 Å². The van der Waals surface area contributed by atoms with Crippen molar-refractivity contribution in [2.24, 2.45) is 11.7 Å². The topological polar surface area (TPSA) is 55.6 Å². The Balaban J connectivity index is 2.32. The van der Waals surface area contributed by atoms with Crippen molar-refractivity contribution in [3.8, 4) is 5.75 Å². The van der Waals surface area contributed by atoms with Gasteiger partial charge in [0.15, 0.2) is 0 Å². The molecule has 0 radical (unpaired) electrons. The van der Waals surface area contributed by atoms with Crippen molar-refractivity contribution in [1.29, 1.82) is 0 Å². The van der Waals surface area contributed by atoms with E-state index in [1.807, 2.05) is 23.1 Å². The number of likely N-dealkylation sites (tertiary alicyclic amines) is 1. The van der Waals surface area contributed by atoms with Crippen LogP contribution in [0.15, 0.2) is 22.7 Å². The number of nitrogens with zero attached hydrogens (tertiary/aromatic N) is 1. The molecule has 110 valence electrons. The monoisotopic (exact) mass is 340 g/mol. The van der Waals surface area contributed by atoms with Gasteiger partial charge in [0.05, 0.1) is 17.6 Å². The normalized spacial score (nSPS) is 22.7. The van der Waals surface area contributed by atoms with Crippen LogP contribution in [0.3, 0.4) is 0 Å². The molecule has 1 aliphatic heterocycles. The number of benzene rings is 1. The highest BCUT2D eigenvalue weighted by molar-refractivity contribution is 9.10. The van der Waals surface area contributed by atoms with Crippen LogP contribution in [0.1, 0.15) is 31.9 Å². The second kappa shape index (κ2) is 6.14. The van der Waals surface area contributed by atoms with Gasteiger partial charge in [0.25, 0.3) is 0 Å². The summed E-state index contributed by atoms with van der Waals surface area (Å²) in [6.45, 7) is 4.96. The van der Waals surface area contributed by atoms with Gasteiger partial charge in [0.2, 0.25) is 5.91 Å². The molecule has 0 aromatic heterocycles. The molecule has 1 aromatic carbocycles. The summed E-state index contributed by atoms with van der Waals surface area (Å²) >= 11 is 3.49. The fraction of sp³-hybridized carbons (Fsp3) is 0.533. The zero-order chi connectivity index (χ0) is 14.9. The van der Waals surface area contributed by atoms with Crippen LogP contribution in [0.2, 0.25) is 0 Å². The number of nitrogens with two attached hydrogens (primary N) is 1. The Morgan fingerprint density at radius 3 is 2.75 bits per heavy atom. The first-order valence-electron chi connectivity index (χ1n) is 6.82. The zero-order valence-corrected chi connectivity index (χ0v) is 13.7. The van der Waals surface area contributed by atoms with E-state index in [9.17, 15) is 4.79 Å². The van der Waals surface area contributed by atoms with E-state index in [0.29, 0.717) is 12.3 Å². The zero-order valence-electron chi connectivity index (χ0n) is 12.1. The summed E-state index contributed by atoms with van der Waals surface area (Å²) in [5, 5.41) is 0. The van der Waals surface area contributed by atoms with Gasteiger partial charge in [-0.3, -0.25) is 4.79 Å². The average molecular weight is 341 g/mol. The Morgan fingerprint density at radius 1 is 1.50 bits per heavy atom. The molecule has 1 fully saturated rings. The molecule has 20 heavy (non-hydrogen) atoms. The van der Waals surface area contributed by atoms with E-state index >= 15 is 0 Å². The lowest BCUT2D eigenvalue weighted by atomic mass is 10.00. The Kier molecular flexibility index (Phi) is 4.70. The fourth-order valence-corrected chi connectivity index (χ4v) is 3.28. The Hall–Kier alpha value is -1.07. The Bertz CT molecular complexity index is 505. The number of hydrogen-bond donors (Lipinski definition) is 1. The molecule has 1 saturated heterocycles. The summed E-state index contributed by atoms with van der Waals surface area (Å²) in [7, 11) is 1.63. The highest BCUT2D eigenvalue weighted by atomic mass is 79.9. The van der Waals surface area contributed by atoms with E-state index in [1.54, 1.807) is 7.11 Å². The lowest BCUT2D eigenvalue weighted by molar-refractivity contribution is -0.129. The lowest BCUT2D eigenvalue weighted by Gasteiger charge is -2.29. The third kappa shape index (κ3) is 2.99. The second-order valence-corrected chi connectivity index (χ2v) is 6.50.